The topological polar surface area (TPSA) is 12.0 Å². The second kappa shape index (κ2) is 4.82. The second-order valence-corrected chi connectivity index (χ2v) is 6.59. The fourth-order valence-corrected chi connectivity index (χ4v) is 3.64. The molecule has 1 aromatic rings. The van der Waals surface area contributed by atoms with E-state index in [9.17, 15) is 4.39 Å². The highest BCUT2D eigenvalue weighted by atomic mass is 35.5. The van der Waals surface area contributed by atoms with Crippen LogP contribution in [0.1, 0.15) is 39.2 Å². The highest BCUT2D eigenvalue weighted by molar-refractivity contribution is 6.30. The van der Waals surface area contributed by atoms with E-state index in [1.807, 2.05) is 12.1 Å². The van der Waals surface area contributed by atoms with Crippen LogP contribution in [0.2, 0.25) is 5.02 Å². The first-order valence-corrected chi connectivity index (χ1v) is 6.93. The quantitative estimate of drug-likeness (QED) is 0.866. The monoisotopic (exact) mass is 269 g/mol. The van der Waals surface area contributed by atoms with Gasteiger partial charge in [0.05, 0.1) is 5.02 Å². The molecule has 1 aliphatic rings. The predicted molar refractivity (Wildman–Crippen MR) is 74.6 cm³/mol. The molecule has 0 bridgehead atoms. The molecule has 0 heterocycles. The molecule has 1 fully saturated rings. The third-order valence-electron chi connectivity index (χ3n) is 3.87. The number of nitrogens with one attached hydrogen (secondary N) is 1. The second-order valence-electron chi connectivity index (χ2n) is 6.18. The number of hydrogen-bond acceptors (Lipinski definition) is 1. The van der Waals surface area contributed by atoms with Gasteiger partial charge in [0.2, 0.25) is 0 Å². The molecule has 0 saturated heterocycles. The van der Waals surface area contributed by atoms with E-state index in [-0.39, 0.29) is 16.3 Å². The third-order valence-corrected chi connectivity index (χ3v) is 4.16. The Morgan fingerprint density at radius 1 is 1.33 bits per heavy atom. The van der Waals surface area contributed by atoms with Crippen molar-refractivity contribution in [2.75, 3.05) is 13.1 Å². The maximum atomic E-state index is 14.2. The molecule has 0 unspecified atom stereocenters. The van der Waals surface area contributed by atoms with E-state index >= 15 is 0 Å². The van der Waals surface area contributed by atoms with Crippen LogP contribution in [0.3, 0.4) is 0 Å². The van der Waals surface area contributed by atoms with Gasteiger partial charge in [-0.05, 0) is 36.4 Å². The summed E-state index contributed by atoms with van der Waals surface area (Å²) in [7, 11) is 0. The Morgan fingerprint density at radius 2 is 2.00 bits per heavy atom. The van der Waals surface area contributed by atoms with Crippen molar-refractivity contribution in [1.29, 1.82) is 0 Å². The molecule has 3 heteroatoms. The molecule has 18 heavy (non-hydrogen) atoms. The van der Waals surface area contributed by atoms with E-state index in [4.69, 9.17) is 11.6 Å². The van der Waals surface area contributed by atoms with E-state index < -0.39 is 0 Å². The minimum absolute atomic E-state index is 0.0888. The molecule has 1 N–H and O–H groups in total. The summed E-state index contributed by atoms with van der Waals surface area (Å²) >= 11 is 5.91. The van der Waals surface area contributed by atoms with Gasteiger partial charge in [-0.25, -0.2) is 4.39 Å². The normalized spacial score (nSPS) is 20.5. The SMILES string of the molecule is CCNCC1(c2cccc(Cl)c2F)CC(C)(C)C1. The molecule has 0 aromatic heterocycles. The third kappa shape index (κ3) is 2.41. The number of halogens is 2. The number of hydrogen-bond donors (Lipinski definition) is 1. The zero-order valence-electron chi connectivity index (χ0n) is 11.3. The fourth-order valence-electron chi connectivity index (χ4n) is 3.47. The van der Waals surface area contributed by atoms with Crippen molar-refractivity contribution < 1.29 is 4.39 Å². The Bertz CT molecular complexity index is 434. The molecule has 0 spiro atoms. The van der Waals surface area contributed by atoms with Crippen molar-refractivity contribution in [1.82, 2.24) is 5.32 Å². The summed E-state index contributed by atoms with van der Waals surface area (Å²) in [6, 6.07) is 5.35. The van der Waals surface area contributed by atoms with E-state index in [1.54, 1.807) is 6.07 Å². The summed E-state index contributed by atoms with van der Waals surface area (Å²) in [4.78, 5) is 0. The van der Waals surface area contributed by atoms with E-state index in [1.165, 1.54) is 0 Å². The minimum atomic E-state index is -0.243. The van der Waals surface area contributed by atoms with Gasteiger partial charge >= 0.3 is 0 Å². The first-order valence-electron chi connectivity index (χ1n) is 6.55. The van der Waals surface area contributed by atoms with Crippen molar-refractivity contribution in [2.45, 2.75) is 39.0 Å². The average molecular weight is 270 g/mol. The zero-order chi connectivity index (χ0) is 13.4. The minimum Gasteiger partial charge on any atom is -0.316 e. The van der Waals surface area contributed by atoms with E-state index in [0.717, 1.165) is 31.5 Å². The van der Waals surface area contributed by atoms with Gasteiger partial charge in [0.25, 0.3) is 0 Å². The maximum Gasteiger partial charge on any atom is 0.145 e. The lowest BCUT2D eigenvalue weighted by Gasteiger charge is -2.54. The molecule has 0 aliphatic heterocycles. The Morgan fingerprint density at radius 3 is 2.56 bits per heavy atom. The van der Waals surface area contributed by atoms with Crippen molar-refractivity contribution in [3.63, 3.8) is 0 Å². The van der Waals surface area contributed by atoms with Crippen molar-refractivity contribution in [3.8, 4) is 0 Å². The van der Waals surface area contributed by atoms with Gasteiger partial charge < -0.3 is 5.32 Å². The van der Waals surface area contributed by atoms with Crippen molar-refractivity contribution in [2.24, 2.45) is 5.41 Å². The molecule has 100 valence electrons. The highest BCUT2D eigenvalue weighted by Crippen LogP contribution is 2.55. The lowest BCUT2D eigenvalue weighted by atomic mass is 9.52. The number of benzene rings is 1. The summed E-state index contributed by atoms with van der Waals surface area (Å²) in [6.07, 6.45) is 2.01. The largest absolute Gasteiger partial charge is 0.316 e. The van der Waals surface area contributed by atoms with E-state index in [2.05, 4.69) is 26.1 Å². The molecule has 0 amide bonds. The number of likely N-dealkylation sites (N-methyl/N-ethyl adjacent to an activating group) is 1. The van der Waals surface area contributed by atoms with Crippen LogP contribution in [0.5, 0.6) is 0 Å². The zero-order valence-corrected chi connectivity index (χ0v) is 12.1. The van der Waals surface area contributed by atoms with Crippen LogP contribution in [-0.2, 0) is 5.41 Å². The molecular weight excluding hydrogens is 249 g/mol. The van der Waals surface area contributed by atoms with Crippen LogP contribution in [-0.4, -0.2) is 13.1 Å². The van der Waals surface area contributed by atoms with Gasteiger partial charge in [0.15, 0.2) is 0 Å². The highest BCUT2D eigenvalue weighted by Gasteiger charge is 2.50. The fraction of sp³-hybridized carbons (Fsp3) is 0.600. The van der Waals surface area contributed by atoms with Crippen LogP contribution in [0, 0.1) is 11.2 Å². The van der Waals surface area contributed by atoms with Crippen molar-refractivity contribution >= 4 is 11.6 Å². The van der Waals surface area contributed by atoms with Crippen LogP contribution in [0.25, 0.3) is 0 Å². The Balaban J connectivity index is 2.33. The predicted octanol–water partition coefficient (Wildman–Crippen LogP) is 4.15. The smallest absolute Gasteiger partial charge is 0.145 e. The molecule has 1 nitrogen and oxygen atoms in total. The Hall–Kier alpha value is -0.600. The summed E-state index contributed by atoms with van der Waals surface area (Å²) < 4.78 is 14.2. The van der Waals surface area contributed by atoms with Crippen LogP contribution < -0.4 is 5.32 Å². The van der Waals surface area contributed by atoms with Gasteiger partial charge in [0, 0.05) is 12.0 Å². The molecule has 2 rings (SSSR count). The summed E-state index contributed by atoms with van der Waals surface area (Å²) in [5.74, 6) is -0.243. The maximum absolute atomic E-state index is 14.2. The first kappa shape index (κ1) is 13.8. The molecular formula is C15H21ClFN. The van der Waals surface area contributed by atoms with Gasteiger partial charge in [-0.15, -0.1) is 0 Å². The lowest BCUT2D eigenvalue weighted by molar-refractivity contribution is 0.0540. The van der Waals surface area contributed by atoms with Crippen LogP contribution in [0.4, 0.5) is 4.39 Å². The van der Waals surface area contributed by atoms with Crippen molar-refractivity contribution in [3.05, 3.63) is 34.6 Å². The summed E-state index contributed by atoms with van der Waals surface area (Å²) in [5, 5.41) is 3.59. The molecule has 1 aromatic carbocycles. The lowest BCUT2D eigenvalue weighted by Crippen LogP contribution is -2.53. The van der Waals surface area contributed by atoms with Gasteiger partial charge in [-0.3, -0.25) is 0 Å². The molecule has 0 atom stereocenters. The van der Waals surface area contributed by atoms with E-state index in [0.29, 0.717) is 5.41 Å². The van der Waals surface area contributed by atoms with Crippen LogP contribution in [0.15, 0.2) is 18.2 Å². The van der Waals surface area contributed by atoms with Gasteiger partial charge in [-0.2, -0.15) is 0 Å². The Labute approximate surface area is 114 Å². The molecule has 1 aliphatic carbocycles. The Kier molecular flexibility index (Phi) is 3.70. The molecule has 1 saturated carbocycles. The average Bonchev–Trinajstić information content (AvgIpc) is 2.27. The standard InChI is InChI=1S/C15H21ClFN/c1-4-18-10-15(8-14(2,3)9-15)11-6-5-7-12(16)13(11)17/h5-7,18H,4,8-10H2,1-3H3. The van der Waals surface area contributed by atoms with Crippen LogP contribution >= 0.6 is 11.6 Å². The number of rotatable bonds is 4. The summed E-state index contributed by atoms with van der Waals surface area (Å²) in [5.41, 5.74) is 0.980. The molecule has 0 radical (unpaired) electrons. The summed E-state index contributed by atoms with van der Waals surface area (Å²) in [6.45, 7) is 8.28. The first-order chi connectivity index (χ1) is 8.40. The van der Waals surface area contributed by atoms with Gasteiger partial charge in [0.1, 0.15) is 5.82 Å². The van der Waals surface area contributed by atoms with Gasteiger partial charge in [-0.1, -0.05) is 44.5 Å².